The average molecular weight is 356 g/mol. The summed E-state index contributed by atoms with van der Waals surface area (Å²) in [5.74, 6) is -0.788. The van der Waals surface area contributed by atoms with Crippen molar-refractivity contribution in [3.8, 4) is 0 Å². The Morgan fingerprint density at radius 1 is 1.06 bits per heavy atom. The number of hydrogen-bond acceptors (Lipinski definition) is 1. The minimum atomic E-state index is -2.05. The van der Waals surface area contributed by atoms with Crippen LogP contribution in [0.25, 0.3) is 0 Å². The van der Waals surface area contributed by atoms with E-state index in [2.05, 4.69) is 5.32 Å². The first-order valence-electron chi connectivity index (χ1n) is 4.16. The van der Waals surface area contributed by atoms with Crippen molar-refractivity contribution in [3.63, 3.8) is 0 Å². The van der Waals surface area contributed by atoms with Crippen molar-refractivity contribution in [2.45, 2.75) is 7.59 Å². The van der Waals surface area contributed by atoms with Crippen LogP contribution in [0.5, 0.6) is 0 Å². The Morgan fingerprint density at radius 2 is 1.65 bits per heavy atom. The lowest BCUT2D eigenvalue weighted by Gasteiger charge is -2.15. The maximum Gasteiger partial charge on any atom is 0.276 e. The van der Waals surface area contributed by atoms with Crippen LogP contribution in [0.1, 0.15) is 5.56 Å². The number of hydrogen-bond donors (Lipinski definition) is 1. The second-order valence-corrected chi connectivity index (χ2v) is 7.59. The molecule has 0 aliphatic heterocycles. The van der Waals surface area contributed by atoms with Crippen molar-refractivity contribution in [2.75, 3.05) is 5.32 Å². The van der Waals surface area contributed by atoms with Gasteiger partial charge in [0.05, 0.1) is 0 Å². The van der Waals surface area contributed by atoms with Gasteiger partial charge in [-0.05, 0) is 12.1 Å². The molecule has 1 rings (SSSR count). The Hall–Kier alpha value is 0.430. The molecule has 0 aromatic heterocycles. The quantitative estimate of drug-likeness (QED) is 0.719. The number of nitrogens with one attached hydrogen (secondary N) is 1. The molecule has 1 amide bonds. The smallest absolute Gasteiger partial charge is 0.276 e. The first-order chi connectivity index (χ1) is 7.60. The third kappa shape index (κ3) is 4.90. The van der Waals surface area contributed by atoms with Crippen LogP contribution >= 0.6 is 69.6 Å². The number of amides is 1. The summed E-state index contributed by atoms with van der Waals surface area (Å²) in [5.41, 5.74) is 0.759. The molecule has 0 saturated heterocycles. The predicted molar refractivity (Wildman–Crippen MR) is 74.6 cm³/mol. The van der Waals surface area contributed by atoms with Crippen molar-refractivity contribution in [3.05, 3.63) is 29.8 Å². The molecule has 0 spiro atoms. The van der Waals surface area contributed by atoms with E-state index in [4.69, 9.17) is 69.6 Å². The molecule has 1 aromatic rings. The molecule has 0 saturated carbocycles. The van der Waals surface area contributed by atoms with Crippen LogP contribution in [0.4, 0.5) is 5.69 Å². The van der Waals surface area contributed by atoms with Gasteiger partial charge in [-0.2, -0.15) is 0 Å². The second-order valence-electron chi connectivity index (χ2n) is 3.03. The summed E-state index contributed by atoms with van der Waals surface area (Å²) in [6, 6.07) is 6.25. The van der Waals surface area contributed by atoms with Crippen LogP contribution in [-0.4, -0.2) is 9.70 Å². The van der Waals surface area contributed by atoms with Crippen LogP contribution in [0, 0.1) is 0 Å². The first-order valence-corrected chi connectivity index (χ1v) is 6.43. The van der Waals surface area contributed by atoms with Gasteiger partial charge in [0.15, 0.2) is 0 Å². The fourth-order valence-electron chi connectivity index (χ4n) is 0.975. The molecule has 0 atom stereocenters. The standard InChI is InChI=1S/C9H5Cl6NO/c10-8(11,12)5-2-1-3-6(4-5)16-7(17)9(13,14)15/h1-4H,(H,16,17). The van der Waals surface area contributed by atoms with Gasteiger partial charge < -0.3 is 5.32 Å². The molecule has 94 valence electrons. The topological polar surface area (TPSA) is 29.1 Å². The first kappa shape index (κ1) is 15.5. The third-order valence-corrected chi connectivity index (χ3v) is 2.87. The molecule has 1 N–H and O–H groups in total. The summed E-state index contributed by atoms with van der Waals surface area (Å²) in [7, 11) is 0. The summed E-state index contributed by atoms with van der Waals surface area (Å²) in [6.45, 7) is 0. The molecule has 1 aromatic carbocycles. The third-order valence-electron chi connectivity index (χ3n) is 1.71. The van der Waals surface area contributed by atoms with E-state index < -0.39 is 13.5 Å². The molecule has 17 heavy (non-hydrogen) atoms. The van der Waals surface area contributed by atoms with E-state index in [1.807, 2.05) is 0 Å². The van der Waals surface area contributed by atoms with Crippen LogP contribution in [0.15, 0.2) is 24.3 Å². The maximum absolute atomic E-state index is 11.4. The van der Waals surface area contributed by atoms with Crippen LogP contribution in [0.3, 0.4) is 0 Å². The number of carbonyl (C=O) groups is 1. The Balaban J connectivity index is 2.91. The molecule has 0 aliphatic rings. The van der Waals surface area contributed by atoms with E-state index >= 15 is 0 Å². The zero-order chi connectivity index (χ0) is 13.3. The molecule has 0 bridgehead atoms. The van der Waals surface area contributed by atoms with Crippen LogP contribution in [-0.2, 0) is 8.59 Å². The minimum absolute atomic E-state index is 0.366. The van der Waals surface area contributed by atoms with Gasteiger partial charge in [-0.1, -0.05) is 81.7 Å². The van der Waals surface area contributed by atoms with Gasteiger partial charge in [-0.15, -0.1) is 0 Å². The second kappa shape index (κ2) is 5.60. The van der Waals surface area contributed by atoms with Crippen molar-refractivity contribution in [1.82, 2.24) is 0 Å². The number of rotatable bonds is 1. The van der Waals surface area contributed by atoms with Gasteiger partial charge in [0.1, 0.15) is 0 Å². The highest BCUT2D eigenvalue weighted by Crippen LogP contribution is 2.39. The average Bonchev–Trinajstić information content (AvgIpc) is 2.15. The van der Waals surface area contributed by atoms with Gasteiger partial charge in [0.25, 0.3) is 9.70 Å². The van der Waals surface area contributed by atoms with Gasteiger partial charge >= 0.3 is 0 Å². The zero-order valence-electron chi connectivity index (χ0n) is 7.99. The Labute approximate surface area is 128 Å². The largest absolute Gasteiger partial charge is 0.322 e. The number of anilines is 1. The summed E-state index contributed by atoms with van der Waals surface area (Å²) in [6.07, 6.45) is 0. The molecule has 8 heteroatoms. The lowest BCUT2D eigenvalue weighted by molar-refractivity contribution is -0.115. The molecule has 0 radical (unpaired) electrons. The predicted octanol–water partition coefficient (Wildman–Crippen LogP) is 4.82. The lowest BCUT2D eigenvalue weighted by Crippen LogP contribution is -2.27. The number of halogens is 6. The molecular formula is C9H5Cl6NO. The highest BCUT2D eigenvalue weighted by atomic mass is 35.6. The van der Waals surface area contributed by atoms with Gasteiger partial charge in [-0.25, -0.2) is 0 Å². The van der Waals surface area contributed by atoms with Crippen molar-refractivity contribution in [1.29, 1.82) is 0 Å². The Kier molecular flexibility index (Phi) is 5.10. The summed E-state index contributed by atoms with van der Waals surface area (Å²) < 4.78 is -3.63. The SMILES string of the molecule is O=C(Nc1cccc(C(Cl)(Cl)Cl)c1)C(Cl)(Cl)Cl. The highest BCUT2D eigenvalue weighted by Gasteiger charge is 2.31. The van der Waals surface area contributed by atoms with Gasteiger partial charge in [0, 0.05) is 11.3 Å². The minimum Gasteiger partial charge on any atom is -0.322 e. The normalized spacial score (nSPS) is 12.4. The lowest BCUT2D eigenvalue weighted by atomic mass is 10.2. The summed E-state index contributed by atoms with van der Waals surface area (Å²) in [4.78, 5) is 11.4. The maximum atomic E-state index is 11.4. The van der Waals surface area contributed by atoms with Crippen molar-refractivity contribution < 1.29 is 4.79 Å². The number of alkyl halides is 6. The Bertz CT molecular complexity index is 422. The number of carbonyl (C=O) groups excluding carboxylic acids is 1. The van der Waals surface area contributed by atoms with Gasteiger partial charge in [-0.3, -0.25) is 4.79 Å². The van der Waals surface area contributed by atoms with E-state index in [9.17, 15) is 4.79 Å². The molecule has 2 nitrogen and oxygen atoms in total. The van der Waals surface area contributed by atoms with E-state index in [0.717, 1.165) is 0 Å². The molecule has 0 fully saturated rings. The summed E-state index contributed by atoms with van der Waals surface area (Å²) in [5, 5.41) is 2.38. The fourth-order valence-corrected chi connectivity index (χ4v) is 1.47. The van der Waals surface area contributed by atoms with Gasteiger partial charge in [0.2, 0.25) is 3.79 Å². The van der Waals surface area contributed by atoms with E-state index in [0.29, 0.717) is 11.3 Å². The van der Waals surface area contributed by atoms with Crippen molar-refractivity contribution in [2.24, 2.45) is 0 Å². The zero-order valence-corrected chi connectivity index (χ0v) is 12.5. The monoisotopic (exact) mass is 353 g/mol. The van der Waals surface area contributed by atoms with Crippen molar-refractivity contribution >= 4 is 81.2 Å². The van der Waals surface area contributed by atoms with E-state index in [1.165, 1.54) is 6.07 Å². The van der Waals surface area contributed by atoms with Crippen LogP contribution in [0.2, 0.25) is 0 Å². The Morgan fingerprint density at radius 3 is 2.12 bits per heavy atom. The number of benzene rings is 1. The fraction of sp³-hybridized carbons (Fsp3) is 0.222. The van der Waals surface area contributed by atoms with E-state index in [1.54, 1.807) is 18.2 Å². The highest BCUT2D eigenvalue weighted by molar-refractivity contribution is 6.76. The summed E-state index contributed by atoms with van der Waals surface area (Å²) >= 11 is 33.3. The van der Waals surface area contributed by atoms with E-state index in [-0.39, 0.29) is 0 Å². The van der Waals surface area contributed by atoms with Crippen LogP contribution < -0.4 is 5.32 Å². The molecule has 0 heterocycles. The molecule has 0 unspecified atom stereocenters. The molecule has 0 aliphatic carbocycles. The molecular weight excluding hydrogens is 351 g/mol.